The predicted molar refractivity (Wildman–Crippen MR) is 529 cm³/mol. The van der Waals surface area contributed by atoms with Crippen molar-refractivity contribution in [1.29, 1.82) is 0 Å². The fraction of sp³-hybridized carbons (Fsp3) is 0.100. The molecule has 4 aliphatic rings. The van der Waals surface area contributed by atoms with Gasteiger partial charge < -0.3 is 29.2 Å². The average molecular weight is 1710 g/mol. The number of para-hydroxylation sites is 4. The summed E-state index contributed by atoms with van der Waals surface area (Å²) in [5.74, 6) is 7.45. The monoisotopic (exact) mass is 1710 g/mol. The molecule has 0 radical (unpaired) electrons. The molecular formula is C120H95BrN2O4. The van der Waals surface area contributed by atoms with E-state index in [2.05, 4.69) is 476 Å². The van der Waals surface area contributed by atoms with Crippen LogP contribution in [-0.2, 0) is 21.7 Å². The van der Waals surface area contributed by atoms with Crippen LogP contribution in [0.5, 0.6) is 46.0 Å². The zero-order valence-electron chi connectivity index (χ0n) is 72.4. The quantitative estimate of drug-likeness (QED) is 0.124. The number of fused-ring (bicyclic) bond motifs is 8. The van der Waals surface area contributed by atoms with E-state index < -0.39 is 0 Å². The van der Waals surface area contributed by atoms with E-state index >= 15 is 0 Å². The molecule has 1 N–H and O–H groups in total. The minimum Gasteiger partial charge on any atom is -0.457 e. The third-order valence-corrected chi connectivity index (χ3v) is 26.5. The summed E-state index contributed by atoms with van der Waals surface area (Å²) in [7, 11) is 0. The van der Waals surface area contributed by atoms with E-state index in [1.54, 1.807) is 0 Å². The summed E-state index contributed by atoms with van der Waals surface area (Å²) >= 11 is 3.48. The van der Waals surface area contributed by atoms with Gasteiger partial charge in [0.25, 0.3) is 0 Å². The lowest BCUT2D eigenvalue weighted by atomic mass is 9.75. The first-order chi connectivity index (χ1) is 61.8. The van der Waals surface area contributed by atoms with Gasteiger partial charge in [0.2, 0.25) is 0 Å². The van der Waals surface area contributed by atoms with Crippen LogP contribution in [0.2, 0.25) is 0 Å². The van der Waals surface area contributed by atoms with Crippen molar-refractivity contribution in [3.8, 4) is 135 Å². The molecule has 0 atom stereocenters. The Morgan fingerprint density at radius 1 is 0.189 bits per heavy atom. The van der Waals surface area contributed by atoms with E-state index in [1.165, 1.54) is 111 Å². The smallest absolute Gasteiger partial charge is 0.131 e. The van der Waals surface area contributed by atoms with Crippen LogP contribution in [-0.4, -0.2) is 0 Å². The maximum Gasteiger partial charge on any atom is 0.131 e. The maximum absolute atomic E-state index is 6.39. The number of benzene rings is 18. The molecule has 616 valence electrons. The molecule has 22 rings (SSSR count). The fourth-order valence-electron chi connectivity index (χ4n) is 18.8. The van der Waals surface area contributed by atoms with Crippen LogP contribution < -0.4 is 29.2 Å². The molecule has 0 aliphatic carbocycles. The molecule has 6 nitrogen and oxygen atoms in total. The minimum absolute atomic E-state index is 0.137. The third kappa shape index (κ3) is 15.7. The molecule has 127 heavy (non-hydrogen) atoms. The van der Waals surface area contributed by atoms with Crippen molar-refractivity contribution < 1.29 is 18.9 Å². The van der Waals surface area contributed by atoms with Gasteiger partial charge in [0, 0.05) is 99.1 Å². The number of ether oxygens (including phenoxy) is 4. The lowest BCUT2D eigenvalue weighted by Crippen LogP contribution is -2.24. The van der Waals surface area contributed by atoms with Crippen LogP contribution in [0, 0.1) is 0 Å². The lowest BCUT2D eigenvalue weighted by molar-refractivity contribution is 0.418. The van der Waals surface area contributed by atoms with Crippen LogP contribution in [0.1, 0.15) is 99.9 Å². The molecule has 0 amide bonds. The zero-order valence-corrected chi connectivity index (χ0v) is 74.0. The molecule has 0 saturated heterocycles. The summed E-state index contributed by atoms with van der Waals surface area (Å²) in [5.41, 5.74) is 33.5. The van der Waals surface area contributed by atoms with Gasteiger partial charge in [0.05, 0.1) is 0 Å². The summed E-state index contributed by atoms with van der Waals surface area (Å²) in [5, 5.41) is 3.57. The van der Waals surface area contributed by atoms with E-state index in [9.17, 15) is 0 Å². The highest BCUT2D eigenvalue weighted by molar-refractivity contribution is 9.10. The van der Waals surface area contributed by atoms with Gasteiger partial charge in [-0.1, -0.05) is 350 Å². The Kier molecular flexibility index (Phi) is 21.2. The molecule has 4 heterocycles. The van der Waals surface area contributed by atoms with Crippen LogP contribution >= 0.6 is 15.9 Å². The Hall–Kier alpha value is -14.8. The van der Waals surface area contributed by atoms with E-state index in [-0.39, 0.29) is 21.7 Å². The fourth-order valence-corrected chi connectivity index (χ4v) is 19.1. The van der Waals surface area contributed by atoms with Crippen molar-refractivity contribution >= 4 is 44.4 Å². The molecule has 0 saturated carbocycles. The van der Waals surface area contributed by atoms with Gasteiger partial charge in [-0.25, -0.2) is 0 Å². The van der Waals surface area contributed by atoms with Crippen molar-refractivity contribution in [2.75, 3.05) is 10.2 Å². The summed E-state index contributed by atoms with van der Waals surface area (Å²) in [4.78, 5) is 2.35. The van der Waals surface area contributed by atoms with Crippen LogP contribution in [0.4, 0.5) is 28.4 Å². The Balaban J connectivity index is 0.000000137. The molecule has 18 aromatic rings. The van der Waals surface area contributed by atoms with Crippen LogP contribution in [0.15, 0.2) is 429 Å². The van der Waals surface area contributed by atoms with Gasteiger partial charge in [0.15, 0.2) is 0 Å². The highest BCUT2D eigenvalue weighted by Crippen LogP contribution is 2.55. The van der Waals surface area contributed by atoms with E-state index in [4.69, 9.17) is 18.9 Å². The second-order valence-corrected chi connectivity index (χ2v) is 36.2. The number of hydrogen-bond donors (Lipinski definition) is 1. The van der Waals surface area contributed by atoms with Crippen molar-refractivity contribution in [3.05, 3.63) is 474 Å². The number of rotatable bonds is 13. The Morgan fingerprint density at radius 3 is 0.669 bits per heavy atom. The van der Waals surface area contributed by atoms with Crippen molar-refractivity contribution in [3.63, 3.8) is 0 Å². The van der Waals surface area contributed by atoms with Crippen molar-refractivity contribution in [2.24, 2.45) is 0 Å². The Bertz CT molecular complexity index is 6820. The first-order valence-electron chi connectivity index (χ1n) is 43.7. The molecule has 0 bridgehead atoms. The number of nitrogens with zero attached hydrogens (tertiary/aromatic N) is 1. The third-order valence-electron chi connectivity index (χ3n) is 26.0. The number of nitrogens with one attached hydrogen (secondary N) is 1. The molecule has 0 fully saturated rings. The molecular weight excluding hydrogens is 1610 g/mol. The van der Waals surface area contributed by atoms with Gasteiger partial charge in [-0.3, -0.25) is 0 Å². The summed E-state index contributed by atoms with van der Waals surface area (Å²) in [6, 6.07) is 151. The highest BCUT2D eigenvalue weighted by atomic mass is 79.9. The van der Waals surface area contributed by atoms with Gasteiger partial charge in [-0.05, 0) is 235 Å². The molecule has 0 spiro atoms. The largest absolute Gasteiger partial charge is 0.457 e. The summed E-state index contributed by atoms with van der Waals surface area (Å²) in [6.07, 6.45) is 0. The lowest BCUT2D eigenvalue weighted by Gasteiger charge is -2.34. The predicted octanol–water partition coefficient (Wildman–Crippen LogP) is 34.1. The minimum atomic E-state index is -0.189. The van der Waals surface area contributed by atoms with E-state index in [0.29, 0.717) is 0 Å². The standard InChI is InChI=1S/C60H47NO2.C42H35NO2.C18H13Br/c1-59(2)51-18-10-12-20-55(51)62-57-36-28-44(38-53(57)59)40-22-30-46(31-23-40)61(48-34-26-43(27-35-48)50-17-9-8-16-49(50)42-14-6-5-7-15-42)47-32-24-41(25-33-47)45-29-37-58-54(39-45)60(3,4)52-19-11-13-21-56(52)63-58;1-41(2)33-9-5-7-11-37(33)44-39-23-17-29(25-35(39)41)27-13-19-31(20-14-27)43-32-21-15-28(16-22-32)30-18-24-40-36(26-30)42(3,4)34-10-6-8-12-38(34)45-40;19-16-12-10-15(11-13-16)18-9-5-4-8-17(18)14-6-2-1-3-7-14/h5-39H,1-4H3;5-26,43H,1-4H3;1-13H. The normalized spacial score (nSPS) is 13.7. The van der Waals surface area contributed by atoms with Crippen molar-refractivity contribution in [2.45, 2.75) is 77.0 Å². The summed E-state index contributed by atoms with van der Waals surface area (Å²) in [6.45, 7) is 18.2. The molecule has 7 heteroatoms. The number of halogens is 1. The molecule has 4 aliphatic heterocycles. The SMILES string of the molecule is Brc1ccc(-c2ccccc2-c2ccccc2)cc1.CC1(C)c2ccccc2Oc2ccc(-c3ccc(N(c4ccc(-c5ccc6c(c5)C(C)(C)c5ccccc5O6)cc4)c4ccc(-c5ccccc5-c5ccccc5)cc4)cc3)cc21.CC1(C)c2ccccc2Oc2ccc(-c3ccc(Nc4ccc(-c5ccc6c(c5)C(C)(C)c5ccccc5O6)cc4)cc3)cc21. The highest BCUT2D eigenvalue weighted by Gasteiger charge is 2.39. The van der Waals surface area contributed by atoms with Gasteiger partial charge in [-0.15, -0.1) is 0 Å². The Labute approximate surface area is 753 Å². The first kappa shape index (κ1) is 80.6. The second kappa shape index (κ2) is 33.4. The van der Waals surface area contributed by atoms with Crippen molar-refractivity contribution in [1.82, 2.24) is 0 Å². The maximum atomic E-state index is 6.39. The van der Waals surface area contributed by atoms with Gasteiger partial charge in [0.1, 0.15) is 46.0 Å². The second-order valence-electron chi connectivity index (χ2n) is 35.3. The Morgan fingerprint density at radius 2 is 0.394 bits per heavy atom. The van der Waals surface area contributed by atoms with E-state index in [0.717, 1.165) is 101 Å². The van der Waals surface area contributed by atoms with Gasteiger partial charge >= 0.3 is 0 Å². The topological polar surface area (TPSA) is 52.2 Å². The van der Waals surface area contributed by atoms with Crippen LogP contribution in [0.3, 0.4) is 0 Å². The van der Waals surface area contributed by atoms with Gasteiger partial charge in [-0.2, -0.15) is 0 Å². The van der Waals surface area contributed by atoms with Crippen LogP contribution in [0.25, 0.3) is 89.0 Å². The first-order valence-corrected chi connectivity index (χ1v) is 44.5. The van der Waals surface area contributed by atoms with E-state index in [1.807, 2.05) is 30.3 Å². The average Bonchev–Trinajstić information content (AvgIpc) is 0.756. The molecule has 0 unspecified atom stereocenters. The number of anilines is 5. The molecule has 18 aromatic carbocycles. The zero-order chi connectivity index (χ0) is 86.5. The number of hydrogen-bond acceptors (Lipinski definition) is 6. The molecule has 0 aromatic heterocycles. The summed E-state index contributed by atoms with van der Waals surface area (Å²) < 4.78 is 26.4.